The van der Waals surface area contributed by atoms with Gasteiger partial charge in [0, 0.05) is 17.1 Å². The molecule has 106 valence electrons. The highest BCUT2D eigenvalue weighted by Gasteiger charge is 2.19. The third kappa shape index (κ3) is 4.90. The van der Waals surface area contributed by atoms with Crippen molar-refractivity contribution >= 4 is 15.9 Å². The predicted molar refractivity (Wildman–Crippen MR) is 83.1 cm³/mol. The molecule has 19 heavy (non-hydrogen) atoms. The van der Waals surface area contributed by atoms with Crippen LogP contribution in [0.2, 0.25) is 0 Å². The van der Waals surface area contributed by atoms with E-state index < -0.39 is 0 Å². The first-order valence-corrected chi connectivity index (χ1v) is 8.11. The van der Waals surface area contributed by atoms with Gasteiger partial charge in [-0.05, 0) is 37.0 Å². The average Bonchev–Trinajstić information content (AvgIpc) is 2.88. The molecule has 2 atom stereocenters. The van der Waals surface area contributed by atoms with Crippen LogP contribution in [0.15, 0.2) is 28.7 Å². The van der Waals surface area contributed by atoms with Crippen molar-refractivity contribution < 1.29 is 5.11 Å². The van der Waals surface area contributed by atoms with Crippen LogP contribution in [0, 0.1) is 5.92 Å². The number of aliphatic hydroxyl groups is 1. The standard InChI is InChI=1S/C16H24BrNO/c1-12(14-7-4-8-15(17)10-14)18-11-16(19)9-13-5-2-3-6-13/h4,7-8,10,12-13,16,18-19H,2-3,5-6,9,11H2,1H3/t12-,16?/m1/s1. The summed E-state index contributed by atoms with van der Waals surface area (Å²) in [6.07, 6.45) is 6.05. The highest BCUT2D eigenvalue weighted by atomic mass is 79.9. The fraction of sp³-hybridized carbons (Fsp3) is 0.625. The SMILES string of the molecule is C[C@@H](NCC(O)CC1CCCC1)c1cccc(Br)c1. The van der Waals surface area contributed by atoms with Crippen LogP contribution < -0.4 is 5.32 Å². The topological polar surface area (TPSA) is 32.3 Å². The number of aliphatic hydroxyl groups excluding tert-OH is 1. The second kappa shape index (κ2) is 7.41. The van der Waals surface area contributed by atoms with Crippen LogP contribution in [0.4, 0.5) is 0 Å². The van der Waals surface area contributed by atoms with Gasteiger partial charge >= 0.3 is 0 Å². The molecule has 1 aliphatic rings. The molecule has 1 saturated carbocycles. The third-order valence-corrected chi connectivity index (χ3v) is 4.58. The fourth-order valence-corrected chi connectivity index (χ4v) is 3.34. The maximum absolute atomic E-state index is 10.1. The summed E-state index contributed by atoms with van der Waals surface area (Å²) in [5.74, 6) is 0.748. The van der Waals surface area contributed by atoms with Gasteiger partial charge in [0.05, 0.1) is 6.10 Å². The zero-order valence-electron chi connectivity index (χ0n) is 11.6. The van der Waals surface area contributed by atoms with Crippen molar-refractivity contribution in [3.05, 3.63) is 34.3 Å². The number of benzene rings is 1. The van der Waals surface area contributed by atoms with E-state index in [1.165, 1.54) is 31.2 Å². The lowest BCUT2D eigenvalue weighted by Crippen LogP contribution is -2.30. The molecule has 2 rings (SSSR count). The molecule has 0 heterocycles. The van der Waals surface area contributed by atoms with Crippen molar-refractivity contribution in [2.45, 2.75) is 51.2 Å². The first kappa shape index (κ1) is 15.0. The molecule has 1 unspecified atom stereocenters. The summed E-state index contributed by atoms with van der Waals surface area (Å²) in [6.45, 7) is 2.83. The van der Waals surface area contributed by atoms with Crippen LogP contribution >= 0.6 is 15.9 Å². The Bertz CT molecular complexity index is 390. The van der Waals surface area contributed by atoms with E-state index in [1.54, 1.807) is 0 Å². The minimum absolute atomic E-state index is 0.210. The summed E-state index contributed by atoms with van der Waals surface area (Å²) >= 11 is 3.49. The van der Waals surface area contributed by atoms with Gasteiger partial charge in [-0.3, -0.25) is 0 Å². The minimum Gasteiger partial charge on any atom is -0.392 e. The summed E-state index contributed by atoms with van der Waals surface area (Å²) in [5, 5.41) is 13.5. The van der Waals surface area contributed by atoms with Gasteiger partial charge in [-0.2, -0.15) is 0 Å². The second-order valence-electron chi connectivity index (χ2n) is 5.72. The van der Waals surface area contributed by atoms with E-state index in [9.17, 15) is 5.11 Å². The van der Waals surface area contributed by atoms with E-state index in [4.69, 9.17) is 0 Å². The van der Waals surface area contributed by atoms with Crippen molar-refractivity contribution in [2.75, 3.05) is 6.54 Å². The molecule has 2 nitrogen and oxygen atoms in total. The highest BCUT2D eigenvalue weighted by molar-refractivity contribution is 9.10. The number of halogens is 1. The van der Waals surface area contributed by atoms with Crippen molar-refractivity contribution in [3.8, 4) is 0 Å². The van der Waals surface area contributed by atoms with Gasteiger partial charge in [-0.1, -0.05) is 53.7 Å². The maximum Gasteiger partial charge on any atom is 0.0667 e. The van der Waals surface area contributed by atoms with Crippen LogP contribution in [0.25, 0.3) is 0 Å². The minimum atomic E-state index is -0.210. The van der Waals surface area contributed by atoms with Crippen LogP contribution in [0.5, 0.6) is 0 Å². The molecule has 0 aromatic heterocycles. The van der Waals surface area contributed by atoms with Crippen molar-refractivity contribution in [3.63, 3.8) is 0 Å². The van der Waals surface area contributed by atoms with Gasteiger partial charge in [0.15, 0.2) is 0 Å². The quantitative estimate of drug-likeness (QED) is 0.827. The van der Waals surface area contributed by atoms with Gasteiger partial charge in [-0.25, -0.2) is 0 Å². The van der Waals surface area contributed by atoms with E-state index in [0.29, 0.717) is 6.54 Å². The molecule has 0 saturated heterocycles. The van der Waals surface area contributed by atoms with Gasteiger partial charge in [0.1, 0.15) is 0 Å². The first-order chi connectivity index (χ1) is 9.15. The molecule has 1 aromatic rings. The molecule has 0 radical (unpaired) electrons. The summed E-state index contributed by atoms with van der Waals surface area (Å²) < 4.78 is 1.10. The Morgan fingerprint density at radius 2 is 2.11 bits per heavy atom. The Morgan fingerprint density at radius 3 is 2.79 bits per heavy atom. The summed E-state index contributed by atoms with van der Waals surface area (Å²) in [6, 6.07) is 8.60. The molecule has 0 aliphatic heterocycles. The fourth-order valence-electron chi connectivity index (χ4n) is 2.92. The largest absolute Gasteiger partial charge is 0.392 e. The molecule has 1 fully saturated rings. The van der Waals surface area contributed by atoms with E-state index in [2.05, 4.69) is 40.3 Å². The van der Waals surface area contributed by atoms with Gasteiger partial charge in [-0.15, -0.1) is 0 Å². The Morgan fingerprint density at radius 1 is 1.37 bits per heavy atom. The number of nitrogens with one attached hydrogen (secondary N) is 1. The van der Waals surface area contributed by atoms with Gasteiger partial charge in [0.25, 0.3) is 0 Å². The maximum atomic E-state index is 10.1. The lowest BCUT2D eigenvalue weighted by molar-refractivity contribution is 0.137. The average molecular weight is 326 g/mol. The number of rotatable bonds is 6. The van der Waals surface area contributed by atoms with Crippen LogP contribution in [0.1, 0.15) is 50.6 Å². The third-order valence-electron chi connectivity index (χ3n) is 4.09. The van der Waals surface area contributed by atoms with Crippen molar-refractivity contribution in [1.29, 1.82) is 0 Å². The number of hydrogen-bond acceptors (Lipinski definition) is 2. The molecule has 0 amide bonds. The zero-order valence-corrected chi connectivity index (χ0v) is 13.2. The van der Waals surface area contributed by atoms with E-state index in [1.807, 2.05) is 12.1 Å². The summed E-state index contributed by atoms with van der Waals surface area (Å²) in [4.78, 5) is 0. The molecular formula is C16H24BrNO. The van der Waals surface area contributed by atoms with Gasteiger partial charge < -0.3 is 10.4 Å². The molecule has 1 aliphatic carbocycles. The molecule has 2 N–H and O–H groups in total. The van der Waals surface area contributed by atoms with E-state index in [0.717, 1.165) is 16.8 Å². The Kier molecular flexibility index (Phi) is 5.86. The molecular weight excluding hydrogens is 302 g/mol. The summed E-state index contributed by atoms with van der Waals surface area (Å²) in [5.41, 5.74) is 1.25. The first-order valence-electron chi connectivity index (χ1n) is 7.32. The smallest absolute Gasteiger partial charge is 0.0667 e. The number of hydrogen-bond donors (Lipinski definition) is 2. The lowest BCUT2D eigenvalue weighted by Gasteiger charge is -2.19. The predicted octanol–water partition coefficient (Wildman–Crippen LogP) is 4.04. The van der Waals surface area contributed by atoms with Gasteiger partial charge in [0.2, 0.25) is 0 Å². The monoisotopic (exact) mass is 325 g/mol. The van der Waals surface area contributed by atoms with Crippen LogP contribution in [-0.2, 0) is 0 Å². The Hall–Kier alpha value is -0.380. The second-order valence-corrected chi connectivity index (χ2v) is 6.64. The highest BCUT2D eigenvalue weighted by Crippen LogP contribution is 2.28. The van der Waals surface area contributed by atoms with E-state index in [-0.39, 0.29) is 12.1 Å². The Balaban J connectivity index is 1.74. The van der Waals surface area contributed by atoms with Crippen molar-refractivity contribution in [2.24, 2.45) is 5.92 Å². The van der Waals surface area contributed by atoms with Crippen LogP contribution in [0.3, 0.4) is 0 Å². The molecule has 1 aromatic carbocycles. The van der Waals surface area contributed by atoms with Crippen molar-refractivity contribution in [1.82, 2.24) is 5.32 Å². The van der Waals surface area contributed by atoms with Crippen LogP contribution in [-0.4, -0.2) is 17.8 Å². The lowest BCUT2D eigenvalue weighted by atomic mass is 10.00. The molecule has 0 bridgehead atoms. The Labute approximate surface area is 124 Å². The molecule has 0 spiro atoms. The van der Waals surface area contributed by atoms with E-state index >= 15 is 0 Å². The zero-order chi connectivity index (χ0) is 13.7. The normalized spacial score (nSPS) is 19.5. The molecule has 3 heteroatoms. The summed E-state index contributed by atoms with van der Waals surface area (Å²) in [7, 11) is 0.